The number of nitrogens with zero attached hydrogens (tertiary/aromatic N) is 2. The van der Waals surface area contributed by atoms with E-state index in [1.54, 1.807) is 11.3 Å². The first-order valence-electron chi connectivity index (χ1n) is 5.13. The molecule has 15 heavy (non-hydrogen) atoms. The van der Waals surface area contributed by atoms with Crippen molar-refractivity contribution >= 4 is 11.3 Å². The minimum atomic E-state index is 0.329. The normalized spacial score (nSPS) is 12.9. The van der Waals surface area contributed by atoms with Crippen molar-refractivity contribution in [3.63, 3.8) is 0 Å². The molecule has 0 amide bonds. The maximum absolute atomic E-state index is 4.59. The number of rotatable bonds is 4. The van der Waals surface area contributed by atoms with Crippen LogP contribution in [-0.4, -0.2) is 16.1 Å². The summed E-state index contributed by atoms with van der Waals surface area (Å²) in [6.07, 6.45) is 4.03. The lowest BCUT2D eigenvalue weighted by molar-refractivity contribution is 0.585. The van der Waals surface area contributed by atoms with E-state index in [9.17, 15) is 0 Å². The van der Waals surface area contributed by atoms with Crippen LogP contribution in [0.5, 0.6) is 0 Å². The minimum absolute atomic E-state index is 0.329. The van der Waals surface area contributed by atoms with Crippen LogP contribution in [-0.2, 0) is 0 Å². The van der Waals surface area contributed by atoms with Gasteiger partial charge < -0.3 is 9.88 Å². The number of thiazole rings is 1. The molecule has 0 radical (unpaired) electrons. The molecule has 2 aromatic rings. The maximum atomic E-state index is 4.59. The fourth-order valence-corrected chi connectivity index (χ4v) is 2.35. The molecule has 1 N–H and O–H groups in total. The maximum Gasteiger partial charge on any atom is 0.193 e. The van der Waals surface area contributed by atoms with Crippen LogP contribution in [0.4, 0.5) is 0 Å². The summed E-state index contributed by atoms with van der Waals surface area (Å²) in [6.45, 7) is 5.21. The van der Waals surface area contributed by atoms with E-state index in [0.717, 1.165) is 17.4 Å². The minimum Gasteiger partial charge on any atom is -0.309 e. The van der Waals surface area contributed by atoms with Gasteiger partial charge in [-0.1, -0.05) is 6.92 Å². The van der Waals surface area contributed by atoms with Gasteiger partial charge in [0.05, 0.1) is 5.69 Å². The van der Waals surface area contributed by atoms with Gasteiger partial charge in [-0.25, -0.2) is 4.98 Å². The summed E-state index contributed by atoms with van der Waals surface area (Å²) in [7, 11) is 0. The highest BCUT2D eigenvalue weighted by Gasteiger charge is 2.08. The Morgan fingerprint density at radius 2 is 2.20 bits per heavy atom. The fourth-order valence-electron chi connectivity index (χ4n) is 1.47. The molecule has 0 fully saturated rings. The molecular weight excluding hydrogens is 206 g/mol. The monoisotopic (exact) mass is 221 g/mol. The van der Waals surface area contributed by atoms with E-state index in [1.165, 1.54) is 0 Å². The molecule has 0 aliphatic rings. The highest BCUT2D eigenvalue weighted by Crippen LogP contribution is 2.19. The molecule has 0 aromatic carbocycles. The third kappa shape index (κ3) is 2.27. The van der Waals surface area contributed by atoms with Crippen LogP contribution in [0.25, 0.3) is 5.13 Å². The molecule has 1 atom stereocenters. The zero-order valence-corrected chi connectivity index (χ0v) is 9.79. The topological polar surface area (TPSA) is 29.9 Å². The Labute approximate surface area is 93.8 Å². The summed E-state index contributed by atoms with van der Waals surface area (Å²) >= 11 is 1.67. The molecule has 1 unspecified atom stereocenters. The van der Waals surface area contributed by atoms with E-state index in [1.807, 2.05) is 29.1 Å². The quantitative estimate of drug-likeness (QED) is 0.860. The van der Waals surface area contributed by atoms with Gasteiger partial charge in [0.25, 0.3) is 0 Å². The summed E-state index contributed by atoms with van der Waals surface area (Å²) in [4.78, 5) is 4.59. The van der Waals surface area contributed by atoms with E-state index in [0.29, 0.717) is 6.04 Å². The summed E-state index contributed by atoms with van der Waals surface area (Å²) in [5.74, 6) is 0. The lowest BCUT2D eigenvalue weighted by Crippen LogP contribution is -2.17. The lowest BCUT2D eigenvalue weighted by atomic mass is 10.3. The first-order chi connectivity index (χ1) is 7.31. The zero-order chi connectivity index (χ0) is 10.7. The SMILES string of the molecule is CCNC(C)c1csc(-n2cccc2)n1. The van der Waals surface area contributed by atoms with E-state index >= 15 is 0 Å². The summed E-state index contributed by atoms with van der Waals surface area (Å²) < 4.78 is 2.03. The van der Waals surface area contributed by atoms with Crippen molar-refractivity contribution in [1.82, 2.24) is 14.9 Å². The number of hydrogen-bond donors (Lipinski definition) is 1. The first kappa shape index (κ1) is 10.4. The van der Waals surface area contributed by atoms with Crippen LogP contribution in [0.15, 0.2) is 29.9 Å². The van der Waals surface area contributed by atoms with Gasteiger partial charge in [-0.15, -0.1) is 11.3 Å². The van der Waals surface area contributed by atoms with Crippen molar-refractivity contribution in [2.75, 3.05) is 6.54 Å². The Hall–Kier alpha value is -1.13. The molecule has 2 heterocycles. The summed E-state index contributed by atoms with van der Waals surface area (Å²) in [5, 5.41) is 6.50. The molecule has 2 rings (SSSR count). The highest BCUT2D eigenvalue weighted by molar-refractivity contribution is 7.12. The predicted molar refractivity (Wildman–Crippen MR) is 63.5 cm³/mol. The fraction of sp³-hybridized carbons (Fsp3) is 0.364. The van der Waals surface area contributed by atoms with E-state index < -0.39 is 0 Å². The van der Waals surface area contributed by atoms with Gasteiger partial charge in [-0.05, 0) is 25.6 Å². The predicted octanol–water partition coefficient (Wildman–Crippen LogP) is 2.60. The molecule has 0 saturated carbocycles. The van der Waals surface area contributed by atoms with E-state index in [-0.39, 0.29) is 0 Å². The Kier molecular flexibility index (Phi) is 3.18. The molecular formula is C11H15N3S. The number of hydrogen-bond acceptors (Lipinski definition) is 3. The number of aromatic nitrogens is 2. The average Bonchev–Trinajstić information content (AvgIpc) is 2.89. The zero-order valence-electron chi connectivity index (χ0n) is 8.97. The molecule has 0 bridgehead atoms. The van der Waals surface area contributed by atoms with Crippen molar-refractivity contribution in [2.24, 2.45) is 0 Å². The van der Waals surface area contributed by atoms with Gasteiger partial charge in [0.1, 0.15) is 0 Å². The second kappa shape index (κ2) is 4.59. The van der Waals surface area contributed by atoms with Crippen LogP contribution < -0.4 is 5.32 Å². The summed E-state index contributed by atoms with van der Waals surface area (Å²) in [6, 6.07) is 4.35. The Morgan fingerprint density at radius 3 is 2.87 bits per heavy atom. The van der Waals surface area contributed by atoms with Crippen LogP contribution in [0.1, 0.15) is 25.6 Å². The van der Waals surface area contributed by atoms with Crippen molar-refractivity contribution in [3.05, 3.63) is 35.6 Å². The van der Waals surface area contributed by atoms with E-state index in [2.05, 4.69) is 29.5 Å². The van der Waals surface area contributed by atoms with Gasteiger partial charge in [-0.3, -0.25) is 0 Å². The lowest BCUT2D eigenvalue weighted by Gasteiger charge is -2.08. The Bertz CT molecular complexity index is 405. The molecule has 80 valence electrons. The van der Waals surface area contributed by atoms with Crippen LogP contribution in [0.2, 0.25) is 0 Å². The summed E-state index contributed by atoms with van der Waals surface area (Å²) in [5.41, 5.74) is 1.12. The van der Waals surface area contributed by atoms with Crippen LogP contribution >= 0.6 is 11.3 Å². The van der Waals surface area contributed by atoms with Crippen LogP contribution in [0.3, 0.4) is 0 Å². The van der Waals surface area contributed by atoms with Gasteiger partial charge in [0.15, 0.2) is 5.13 Å². The molecule has 3 nitrogen and oxygen atoms in total. The van der Waals surface area contributed by atoms with Crippen molar-refractivity contribution in [1.29, 1.82) is 0 Å². The molecule has 0 aliphatic heterocycles. The van der Waals surface area contributed by atoms with Crippen molar-refractivity contribution < 1.29 is 0 Å². The van der Waals surface area contributed by atoms with Gasteiger partial charge >= 0.3 is 0 Å². The molecule has 0 saturated heterocycles. The third-order valence-corrected chi connectivity index (χ3v) is 3.16. The Balaban J connectivity index is 2.17. The molecule has 0 spiro atoms. The first-order valence-corrected chi connectivity index (χ1v) is 6.01. The molecule has 4 heteroatoms. The average molecular weight is 221 g/mol. The van der Waals surface area contributed by atoms with Crippen LogP contribution in [0, 0.1) is 0 Å². The largest absolute Gasteiger partial charge is 0.309 e. The van der Waals surface area contributed by atoms with Gasteiger partial charge in [-0.2, -0.15) is 0 Å². The Morgan fingerprint density at radius 1 is 1.47 bits per heavy atom. The molecule has 0 aliphatic carbocycles. The second-order valence-corrected chi connectivity index (χ2v) is 4.26. The van der Waals surface area contributed by atoms with Gasteiger partial charge in [0, 0.05) is 23.8 Å². The highest BCUT2D eigenvalue weighted by atomic mass is 32.1. The third-order valence-electron chi connectivity index (χ3n) is 2.29. The second-order valence-electron chi connectivity index (χ2n) is 3.42. The van der Waals surface area contributed by atoms with Crippen molar-refractivity contribution in [2.45, 2.75) is 19.9 Å². The standard InChI is InChI=1S/C11H15N3S/c1-3-12-9(2)10-8-15-11(13-10)14-6-4-5-7-14/h4-9,12H,3H2,1-2H3. The van der Waals surface area contributed by atoms with Crippen molar-refractivity contribution in [3.8, 4) is 5.13 Å². The molecule has 2 aromatic heterocycles. The van der Waals surface area contributed by atoms with Gasteiger partial charge in [0.2, 0.25) is 0 Å². The van der Waals surface area contributed by atoms with E-state index in [4.69, 9.17) is 0 Å². The number of nitrogens with one attached hydrogen (secondary N) is 1. The smallest absolute Gasteiger partial charge is 0.193 e.